The van der Waals surface area contributed by atoms with Crippen molar-refractivity contribution in [2.24, 2.45) is 0 Å². The average Bonchev–Trinajstić information content (AvgIpc) is 2.40. The molecule has 2 aromatic rings. The molecule has 0 spiro atoms. The summed E-state index contributed by atoms with van der Waals surface area (Å²) in [6, 6.07) is 9.10. The quantitative estimate of drug-likeness (QED) is 0.911. The molecular formula is C13H13BrN2O2. The molecule has 0 amide bonds. The lowest BCUT2D eigenvalue weighted by atomic mass is 10.3. The Labute approximate surface area is 114 Å². The van der Waals surface area contributed by atoms with Crippen molar-refractivity contribution in [2.45, 2.75) is 6.54 Å². The van der Waals surface area contributed by atoms with Gasteiger partial charge in [-0.05, 0) is 40.2 Å². The van der Waals surface area contributed by atoms with Gasteiger partial charge in [0.25, 0.3) is 0 Å². The summed E-state index contributed by atoms with van der Waals surface area (Å²) in [5.41, 5.74) is 1.78. The molecule has 94 valence electrons. The third-order valence-corrected chi connectivity index (χ3v) is 3.13. The number of anilines is 1. The van der Waals surface area contributed by atoms with Crippen LogP contribution in [0.3, 0.4) is 0 Å². The second kappa shape index (κ2) is 5.73. The summed E-state index contributed by atoms with van der Waals surface area (Å²) < 4.78 is 6.13. The van der Waals surface area contributed by atoms with Crippen LogP contribution in [0.1, 0.15) is 5.69 Å². The number of hydrogen-bond donors (Lipinski definition) is 2. The van der Waals surface area contributed by atoms with E-state index in [-0.39, 0.29) is 5.75 Å². The molecule has 0 atom stereocenters. The van der Waals surface area contributed by atoms with E-state index in [0.717, 1.165) is 21.6 Å². The van der Waals surface area contributed by atoms with E-state index in [1.807, 2.05) is 18.2 Å². The minimum atomic E-state index is 0.168. The lowest BCUT2D eigenvalue weighted by Gasteiger charge is -2.10. The molecule has 0 aliphatic rings. The van der Waals surface area contributed by atoms with Crippen LogP contribution in [0, 0.1) is 0 Å². The van der Waals surface area contributed by atoms with Gasteiger partial charge in [-0.3, -0.25) is 4.98 Å². The normalized spacial score (nSPS) is 10.1. The first-order valence-corrected chi connectivity index (χ1v) is 6.19. The Morgan fingerprint density at radius 2 is 2.17 bits per heavy atom. The minimum Gasteiger partial charge on any atom is -0.506 e. The molecule has 4 nitrogen and oxygen atoms in total. The standard InChI is InChI=1S/C13H13BrN2O2/c1-18-11-4-5-12(14)13(6-11)16-7-9-2-3-10(17)8-15-9/h2-6,8,16-17H,7H2,1H3. The number of methoxy groups -OCH3 is 1. The minimum absolute atomic E-state index is 0.168. The molecule has 1 aromatic heterocycles. The third kappa shape index (κ3) is 3.13. The van der Waals surface area contributed by atoms with Gasteiger partial charge in [-0.2, -0.15) is 0 Å². The Hall–Kier alpha value is -1.75. The summed E-state index contributed by atoms with van der Waals surface area (Å²) in [5, 5.41) is 12.4. The zero-order valence-electron chi connectivity index (χ0n) is 9.85. The maximum absolute atomic E-state index is 9.15. The molecule has 1 heterocycles. The van der Waals surface area contributed by atoms with Crippen LogP contribution in [0.2, 0.25) is 0 Å². The summed E-state index contributed by atoms with van der Waals surface area (Å²) >= 11 is 3.47. The molecule has 0 unspecified atom stereocenters. The molecule has 0 radical (unpaired) electrons. The van der Waals surface area contributed by atoms with Gasteiger partial charge in [-0.15, -0.1) is 0 Å². The van der Waals surface area contributed by atoms with Crippen molar-refractivity contribution in [3.05, 3.63) is 46.7 Å². The van der Waals surface area contributed by atoms with Crippen LogP contribution in [0.15, 0.2) is 41.0 Å². The first-order chi connectivity index (χ1) is 8.69. The summed E-state index contributed by atoms with van der Waals surface area (Å²) in [4.78, 5) is 4.11. The largest absolute Gasteiger partial charge is 0.506 e. The summed E-state index contributed by atoms with van der Waals surface area (Å²) in [6.45, 7) is 0.575. The number of pyridine rings is 1. The Morgan fingerprint density at radius 1 is 1.33 bits per heavy atom. The highest BCUT2D eigenvalue weighted by atomic mass is 79.9. The van der Waals surface area contributed by atoms with E-state index >= 15 is 0 Å². The maximum Gasteiger partial charge on any atom is 0.133 e. The number of halogens is 1. The van der Waals surface area contributed by atoms with Crippen LogP contribution in [-0.2, 0) is 6.54 Å². The van der Waals surface area contributed by atoms with Gasteiger partial charge < -0.3 is 15.2 Å². The van der Waals surface area contributed by atoms with Gasteiger partial charge in [-0.1, -0.05) is 0 Å². The number of aromatic hydroxyl groups is 1. The molecular weight excluding hydrogens is 296 g/mol. The molecule has 5 heteroatoms. The van der Waals surface area contributed by atoms with Crippen molar-refractivity contribution >= 4 is 21.6 Å². The molecule has 0 aliphatic carbocycles. The highest BCUT2D eigenvalue weighted by Crippen LogP contribution is 2.27. The fraction of sp³-hybridized carbons (Fsp3) is 0.154. The van der Waals surface area contributed by atoms with Crippen molar-refractivity contribution in [1.29, 1.82) is 0 Å². The number of ether oxygens (including phenoxy) is 1. The average molecular weight is 309 g/mol. The lowest BCUT2D eigenvalue weighted by molar-refractivity contribution is 0.415. The SMILES string of the molecule is COc1ccc(Br)c(NCc2ccc(O)cn2)c1. The van der Waals surface area contributed by atoms with Crippen molar-refractivity contribution in [2.75, 3.05) is 12.4 Å². The van der Waals surface area contributed by atoms with Gasteiger partial charge >= 0.3 is 0 Å². The van der Waals surface area contributed by atoms with Gasteiger partial charge in [0.1, 0.15) is 11.5 Å². The number of hydrogen-bond acceptors (Lipinski definition) is 4. The Bertz CT molecular complexity index is 529. The van der Waals surface area contributed by atoms with Gasteiger partial charge in [0.15, 0.2) is 0 Å². The first-order valence-electron chi connectivity index (χ1n) is 5.40. The topological polar surface area (TPSA) is 54.4 Å². The van der Waals surface area contributed by atoms with Crippen LogP contribution >= 0.6 is 15.9 Å². The fourth-order valence-electron chi connectivity index (χ4n) is 1.47. The highest BCUT2D eigenvalue weighted by Gasteiger charge is 2.02. The highest BCUT2D eigenvalue weighted by molar-refractivity contribution is 9.10. The van der Waals surface area contributed by atoms with Crippen molar-refractivity contribution < 1.29 is 9.84 Å². The second-order valence-electron chi connectivity index (χ2n) is 3.71. The van der Waals surface area contributed by atoms with Crippen molar-refractivity contribution in [1.82, 2.24) is 4.98 Å². The van der Waals surface area contributed by atoms with E-state index in [4.69, 9.17) is 9.84 Å². The molecule has 2 rings (SSSR count). The molecule has 0 saturated heterocycles. The summed E-state index contributed by atoms with van der Waals surface area (Å²) in [6.07, 6.45) is 1.43. The molecule has 0 bridgehead atoms. The zero-order valence-corrected chi connectivity index (χ0v) is 11.4. The number of nitrogens with one attached hydrogen (secondary N) is 1. The zero-order chi connectivity index (χ0) is 13.0. The Kier molecular flexibility index (Phi) is 4.04. The van der Waals surface area contributed by atoms with Gasteiger partial charge in [0, 0.05) is 10.5 Å². The van der Waals surface area contributed by atoms with Crippen LogP contribution in [0.4, 0.5) is 5.69 Å². The Morgan fingerprint density at radius 3 is 2.83 bits per heavy atom. The van der Waals surface area contributed by atoms with Crippen LogP contribution in [-0.4, -0.2) is 17.2 Å². The molecule has 0 saturated carbocycles. The molecule has 0 fully saturated rings. The van der Waals surface area contributed by atoms with Gasteiger partial charge in [0.2, 0.25) is 0 Å². The molecule has 0 aliphatic heterocycles. The molecule has 2 N–H and O–H groups in total. The van der Waals surface area contributed by atoms with Gasteiger partial charge in [0.05, 0.1) is 31.2 Å². The predicted molar refractivity (Wildman–Crippen MR) is 73.9 cm³/mol. The first kappa shape index (κ1) is 12.7. The smallest absolute Gasteiger partial charge is 0.133 e. The monoisotopic (exact) mass is 308 g/mol. The van der Waals surface area contributed by atoms with E-state index in [1.165, 1.54) is 6.20 Å². The third-order valence-electron chi connectivity index (χ3n) is 2.44. The number of rotatable bonds is 4. The van der Waals surface area contributed by atoms with Crippen LogP contribution in [0.25, 0.3) is 0 Å². The number of nitrogens with zero attached hydrogens (tertiary/aromatic N) is 1. The van der Waals surface area contributed by atoms with E-state index < -0.39 is 0 Å². The summed E-state index contributed by atoms with van der Waals surface area (Å²) in [7, 11) is 1.63. The predicted octanol–water partition coefficient (Wildman–Crippen LogP) is 3.17. The maximum atomic E-state index is 9.15. The lowest BCUT2D eigenvalue weighted by Crippen LogP contribution is -2.02. The fourth-order valence-corrected chi connectivity index (χ4v) is 1.86. The Balaban J connectivity index is 2.07. The van der Waals surface area contributed by atoms with E-state index in [9.17, 15) is 0 Å². The van der Waals surface area contributed by atoms with Crippen LogP contribution < -0.4 is 10.1 Å². The molecule has 18 heavy (non-hydrogen) atoms. The van der Waals surface area contributed by atoms with Crippen molar-refractivity contribution in [3.8, 4) is 11.5 Å². The van der Waals surface area contributed by atoms with Crippen LogP contribution in [0.5, 0.6) is 11.5 Å². The summed E-state index contributed by atoms with van der Waals surface area (Å²) in [5.74, 6) is 0.959. The van der Waals surface area contributed by atoms with Gasteiger partial charge in [-0.25, -0.2) is 0 Å². The molecule has 1 aromatic carbocycles. The van der Waals surface area contributed by atoms with E-state index in [0.29, 0.717) is 6.54 Å². The van der Waals surface area contributed by atoms with Crippen molar-refractivity contribution in [3.63, 3.8) is 0 Å². The van der Waals surface area contributed by atoms with E-state index in [2.05, 4.69) is 26.2 Å². The number of aromatic nitrogens is 1. The second-order valence-corrected chi connectivity index (χ2v) is 4.56. The van der Waals surface area contributed by atoms with E-state index in [1.54, 1.807) is 19.2 Å². The number of benzene rings is 1.